The first kappa shape index (κ1) is 16.0. The number of halogens is 3. The van der Waals surface area contributed by atoms with Crippen molar-refractivity contribution in [2.45, 2.75) is 6.30 Å². The highest BCUT2D eigenvalue weighted by molar-refractivity contribution is 5.82. The average molecular weight is 358 g/mol. The van der Waals surface area contributed by atoms with Crippen molar-refractivity contribution in [2.24, 2.45) is 0 Å². The number of benzene rings is 1. The van der Waals surface area contributed by atoms with Gasteiger partial charge in [-0.15, -0.1) is 13.2 Å². The molecule has 0 fully saturated rings. The van der Waals surface area contributed by atoms with Gasteiger partial charge in [0.05, 0.1) is 6.20 Å². The zero-order chi connectivity index (χ0) is 18.3. The van der Waals surface area contributed by atoms with Gasteiger partial charge in [0.15, 0.2) is 11.9 Å². The first-order valence-corrected chi connectivity index (χ1v) is 7.38. The molecule has 0 amide bonds. The van der Waals surface area contributed by atoms with Crippen LogP contribution in [0.25, 0.3) is 33.7 Å². The maximum absolute atomic E-state index is 12.7. The third-order valence-electron chi connectivity index (χ3n) is 3.71. The number of nitrogens with zero attached hydrogens (tertiary/aromatic N) is 4. The second kappa shape index (κ2) is 5.80. The van der Waals surface area contributed by atoms with E-state index in [1.165, 1.54) is 12.3 Å². The van der Waals surface area contributed by atoms with Gasteiger partial charge in [-0.1, -0.05) is 6.07 Å². The first-order chi connectivity index (χ1) is 12.4. The van der Waals surface area contributed by atoms with Gasteiger partial charge in [-0.3, -0.25) is 9.78 Å². The molecule has 0 radical (unpaired) electrons. The van der Waals surface area contributed by atoms with E-state index in [0.717, 1.165) is 12.4 Å². The average Bonchev–Trinajstić information content (AvgIpc) is 3.28. The predicted molar refractivity (Wildman–Crippen MR) is 85.1 cm³/mol. The van der Waals surface area contributed by atoms with E-state index in [-0.39, 0.29) is 16.3 Å². The highest BCUT2D eigenvalue weighted by Crippen LogP contribution is 2.30. The lowest BCUT2D eigenvalue weighted by molar-refractivity contribution is -0.212. The molecule has 0 aliphatic heterocycles. The summed E-state index contributed by atoms with van der Waals surface area (Å²) in [5.74, 6) is 0.286. The smallest absolute Gasteiger partial charge is 0.436 e. The van der Waals surface area contributed by atoms with E-state index in [2.05, 4.69) is 15.1 Å². The topological polar surface area (TPSA) is 73.8 Å². The van der Waals surface area contributed by atoms with Crippen molar-refractivity contribution in [3.05, 3.63) is 54.6 Å². The Labute approximate surface area is 143 Å². The minimum absolute atomic E-state index is 0.0569. The van der Waals surface area contributed by atoms with Gasteiger partial charge in [0.1, 0.15) is 11.2 Å². The minimum atomic E-state index is -4.57. The lowest BCUT2D eigenvalue weighted by Crippen LogP contribution is -2.16. The monoisotopic (exact) mass is 358 g/mol. The summed E-state index contributed by atoms with van der Waals surface area (Å²) >= 11 is 0. The summed E-state index contributed by atoms with van der Waals surface area (Å²) in [5.41, 5.74) is 2.59. The number of carbonyl (C=O) groups excluding carboxylic acids is 1. The Morgan fingerprint density at radius 3 is 2.65 bits per heavy atom. The Balaban J connectivity index is 1.74. The SMILES string of the molecule is O=Cc1cc(-c2nc3cc(-c4cnn(C(F)(F)F)c4)ccc3o2)ccn1. The fourth-order valence-corrected chi connectivity index (χ4v) is 2.49. The van der Waals surface area contributed by atoms with Crippen molar-refractivity contribution < 1.29 is 22.4 Å². The lowest BCUT2D eigenvalue weighted by Gasteiger charge is -2.03. The summed E-state index contributed by atoms with van der Waals surface area (Å²) in [5, 5.41) is 3.32. The third-order valence-corrected chi connectivity index (χ3v) is 3.71. The number of aldehydes is 1. The second-order valence-corrected chi connectivity index (χ2v) is 5.43. The first-order valence-electron chi connectivity index (χ1n) is 7.38. The van der Waals surface area contributed by atoms with Crippen LogP contribution in [-0.2, 0) is 6.30 Å². The number of fused-ring (bicyclic) bond motifs is 1. The fraction of sp³-hybridized carbons (Fsp3) is 0.0588. The molecule has 0 N–H and O–H groups in total. The molecule has 4 rings (SSSR count). The number of hydrogen-bond donors (Lipinski definition) is 0. The van der Waals surface area contributed by atoms with Crippen LogP contribution in [0.1, 0.15) is 10.5 Å². The summed E-state index contributed by atoms with van der Waals surface area (Å²) in [6, 6.07) is 8.03. The number of rotatable bonds is 3. The molecular formula is C17H9F3N4O2. The highest BCUT2D eigenvalue weighted by atomic mass is 19.4. The lowest BCUT2D eigenvalue weighted by atomic mass is 10.1. The predicted octanol–water partition coefficient (Wildman–Crippen LogP) is 4.04. The van der Waals surface area contributed by atoms with Crippen molar-refractivity contribution in [1.29, 1.82) is 0 Å². The van der Waals surface area contributed by atoms with Crippen LogP contribution in [0.15, 0.2) is 53.3 Å². The summed E-state index contributed by atoms with van der Waals surface area (Å²) in [6.07, 6.45) is -0.454. The van der Waals surface area contributed by atoms with Crippen LogP contribution < -0.4 is 0 Å². The van der Waals surface area contributed by atoms with Gasteiger partial charge in [0.25, 0.3) is 0 Å². The zero-order valence-electron chi connectivity index (χ0n) is 12.9. The molecule has 0 unspecified atom stereocenters. The molecule has 0 saturated heterocycles. The molecule has 0 spiro atoms. The molecule has 4 aromatic rings. The highest BCUT2D eigenvalue weighted by Gasteiger charge is 2.31. The standard InChI is InChI=1S/C17H9F3N4O2/c18-17(19,20)24-8-12(7-22-24)10-1-2-15-14(6-10)23-16(26-15)11-3-4-21-13(5-11)9-25/h1-9H. The Bertz CT molecular complexity index is 1110. The van der Waals surface area contributed by atoms with E-state index in [0.29, 0.717) is 34.1 Å². The molecule has 0 bridgehead atoms. The molecule has 3 aromatic heterocycles. The number of oxazole rings is 1. The molecule has 0 atom stereocenters. The van der Waals surface area contributed by atoms with Crippen LogP contribution in [-0.4, -0.2) is 26.0 Å². The molecule has 130 valence electrons. The van der Waals surface area contributed by atoms with E-state index < -0.39 is 6.30 Å². The van der Waals surface area contributed by atoms with Crippen LogP contribution in [0.5, 0.6) is 0 Å². The largest absolute Gasteiger partial charge is 0.504 e. The summed E-state index contributed by atoms with van der Waals surface area (Å²) in [7, 11) is 0. The van der Waals surface area contributed by atoms with Crippen molar-refractivity contribution in [1.82, 2.24) is 19.7 Å². The van der Waals surface area contributed by atoms with Gasteiger partial charge in [0.2, 0.25) is 5.89 Å². The summed E-state index contributed by atoms with van der Waals surface area (Å²) in [6.45, 7) is 0. The molecule has 3 heterocycles. The van der Waals surface area contributed by atoms with Gasteiger partial charge < -0.3 is 4.42 Å². The van der Waals surface area contributed by atoms with Crippen molar-refractivity contribution in [2.75, 3.05) is 0 Å². The zero-order valence-corrected chi connectivity index (χ0v) is 12.9. The number of pyridine rings is 1. The third kappa shape index (κ3) is 2.83. The number of aromatic nitrogens is 4. The van der Waals surface area contributed by atoms with E-state index >= 15 is 0 Å². The van der Waals surface area contributed by atoms with Gasteiger partial charge in [-0.05, 0) is 29.8 Å². The van der Waals surface area contributed by atoms with Crippen LogP contribution in [0.3, 0.4) is 0 Å². The maximum atomic E-state index is 12.7. The van der Waals surface area contributed by atoms with Crippen LogP contribution in [0.2, 0.25) is 0 Å². The van der Waals surface area contributed by atoms with Gasteiger partial charge in [-0.2, -0.15) is 9.78 Å². The molecule has 9 heteroatoms. The molecule has 0 saturated carbocycles. The number of hydrogen-bond acceptors (Lipinski definition) is 5. The fourth-order valence-electron chi connectivity index (χ4n) is 2.49. The van der Waals surface area contributed by atoms with E-state index in [1.807, 2.05) is 0 Å². The van der Waals surface area contributed by atoms with Crippen LogP contribution in [0, 0.1) is 0 Å². The van der Waals surface area contributed by atoms with E-state index in [9.17, 15) is 18.0 Å². The van der Waals surface area contributed by atoms with Crippen molar-refractivity contribution in [3.8, 4) is 22.6 Å². The Morgan fingerprint density at radius 2 is 1.92 bits per heavy atom. The molecule has 1 aromatic carbocycles. The van der Waals surface area contributed by atoms with Crippen LogP contribution in [0.4, 0.5) is 13.2 Å². The maximum Gasteiger partial charge on any atom is 0.504 e. The normalized spacial score (nSPS) is 11.8. The second-order valence-electron chi connectivity index (χ2n) is 5.43. The van der Waals surface area contributed by atoms with E-state index in [1.54, 1.807) is 24.3 Å². The summed E-state index contributed by atoms with van der Waals surface area (Å²) < 4.78 is 43.6. The molecule has 0 aliphatic rings. The Morgan fingerprint density at radius 1 is 1.08 bits per heavy atom. The Hall–Kier alpha value is -3.49. The van der Waals surface area contributed by atoms with Crippen LogP contribution >= 0.6 is 0 Å². The number of carbonyl (C=O) groups is 1. The van der Waals surface area contributed by atoms with Gasteiger partial charge in [-0.25, -0.2) is 4.98 Å². The van der Waals surface area contributed by atoms with Crippen molar-refractivity contribution >= 4 is 17.4 Å². The van der Waals surface area contributed by atoms with Crippen molar-refractivity contribution in [3.63, 3.8) is 0 Å². The Kier molecular flexibility index (Phi) is 3.57. The quantitative estimate of drug-likeness (QED) is 0.517. The van der Waals surface area contributed by atoms with Gasteiger partial charge >= 0.3 is 6.30 Å². The molecule has 6 nitrogen and oxygen atoms in total. The van der Waals surface area contributed by atoms with E-state index in [4.69, 9.17) is 4.42 Å². The molecule has 0 aliphatic carbocycles. The molecular weight excluding hydrogens is 349 g/mol. The summed E-state index contributed by atoms with van der Waals surface area (Å²) in [4.78, 5) is 19.0. The number of alkyl halides is 3. The molecule has 26 heavy (non-hydrogen) atoms. The van der Waals surface area contributed by atoms with Gasteiger partial charge in [0, 0.05) is 23.5 Å². The minimum Gasteiger partial charge on any atom is -0.436 e.